The number of ether oxygens (including phenoxy) is 2. The molecule has 0 bridgehead atoms. The highest BCUT2D eigenvalue weighted by Gasteiger charge is 2.40. The van der Waals surface area contributed by atoms with Crippen LogP contribution in [0.1, 0.15) is 100 Å². The Morgan fingerprint density at radius 3 is 2.17 bits per heavy atom. The number of aliphatic hydroxyl groups excluding tert-OH is 1. The van der Waals surface area contributed by atoms with E-state index in [1.165, 1.54) is 23.8 Å². The molecule has 4 unspecified atom stereocenters. The van der Waals surface area contributed by atoms with Crippen molar-refractivity contribution in [3.8, 4) is 0 Å². The van der Waals surface area contributed by atoms with Crippen molar-refractivity contribution in [2.24, 2.45) is 11.8 Å². The molecule has 3 aromatic carbocycles. The third kappa shape index (κ3) is 9.81. The number of carbonyl (C=O) groups excluding carboxylic acids is 1. The number of carbonyl (C=O) groups is 1. The molecule has 4 nitrogen and oxygen atoms in total. The van der Waals surface area contributed by atoms with Crippen molar-refractivity contribution < 1.29 is 19.4 Å². The van der Waals surface area contributed by atoms with E-state index in [0.29, 0.717) is 31.5 Å². The number of esters is 1. The quantitative estimate of drug-likeness (QED) is 0.115. The van der Waals surface area contributed by atoms with Gasteiger partial charge >= 0.3 is 5.97 Å². The third-order valence-electron chi connectivity index (χ3n) is 8.78. The number of hydrogen-bond donors (Lipinski definition) is 1. The van der Waals surface area contributed by atoms with Crippen LogP contribution in [0.15, 0.2) is 84.9 Å². The summed E-state index contributed by atoms with van der Waals surface area (Å²) in [7, 11) is 1.49. The van der Waals surface area contributed by atoms with Crippen molar-refractivity contribution in [3.05, 3.63) is 107 Å². The van der Waals surface area contributed by atoms with Gasteiger partial charge in [-0.1, -0.05) is 125 Å². The van der Waals surface area contributed by atoms with Crippen LogP contribution in [0.5, 0.6) is 0 Å². The highest BCUT2D eigenvalue weighted by Crippen LogP contribution is 2.47. The molecule has 42 heavy (non-hydrogen) atoms. The zero-order valence-electron chi connectivity index (χ0n) is 26.3. The number of aliphatic hydroxyl groups is 1. The first-order chi connectivity index (χ1) is 20.4. The van der Waals surface area contributed by atoms with E-state index < -0.39 is 5.41 Å². The lowest BCUT2D eigenvalue weighted by atomic mass is 9.63. The smallest absolute Gasteiger partial charge is 0.308 e. The van der Waals surface area contributed by atoms with Crippen LogP contribution in [0.2, 0.25) is 0 Å². The second-order valence-corrected chi connectivity index (χ2v) is 12.0. The second kappa shape index (κ2) is 17.9. The Bertz CT molecular complexity index is 1160. The molecule has 0 heterocycles. The van der Waals surface area contributed by atoms with Crippen LogP contribution in [-0.2, 0) is 26.3 Å². The molecule has 0 radical (unpaired) electrons. The SMILES string of the molecule is CCC(C)CC(CC(CC(C)C(=O)OC)(c1ccccc1)c1cccc(COCCCCCCO)c1)c1ccccc1. The van der Waals surface area contributed by atoms with E-state index in [2.05, 4.69) is 98.8 Å². The van der Waals surface area contributed by atoms with Gasteiger partial charge in [0.15, 0.2) is 0 Å². The molecule has 0 saturated carbocycles. The standard InChI is InChI=1S/C38H52O4/c1-5-30(2)25-34(33-18-10-8-11-19-33)28-38(27-31(3)37(40)41-4,35-20-12-9-13-21-35)36-22-16-17-32(26-36)29-42-24-15-7-6-14-23-39/h8-13,16-22,26,30-31,34,39H,5-7,14-15,23-25,27-29H2,1-4H3. The normalized spacial score (nSPS) is 15.0. The summed E-state index contributed by atoms with van der Waals surface area (Å²) in [5.41, 5.74) is 4.55. The molecule has 0 aliphatic rings. The summed E-state index contributed by atoms with van der Waals surface area (Å²) >= 11 is 0. The molecule has 0 spiro atoms. The summed E-state index contributed by atoms with van der Waals surface area (Å²) < 4.78 is 11.3. The molecule has 0 amide bonds. The Labute approximate surface area is 254 Å². The summed E-state index contributed by atoms with van der Waals surface area (Å²) in [6.45, 7) is 8.14. The molecule has 0 fully saturated rings. The minimum Gasteiger partial charge on any atom is -0.469 e. The summed E-state index contributed by atoms with van der Waals surface area (Å²) in [5.74, 6) is 0.465. The molecule has 0 aliphatic carbocycles. The maximum Gasteiger partial charge on any atom is 0.308 e. The summed E-state index contributed by atoms with van der Waals surface area (Å²) in [5, 5.41) is 9.01. The molecular weight excluding hydrogens is 520 g/mol. The van der Waals surface area contributed by atoms with E-state index >= 15 is 0 Å². The number of hydrogen-bond acceptors (Lipinski definition) is 4. The Morgan fingerprint density at radius 2 is 1.50 bits per heavy atom. The third-order valence-corrected chi connectivity index (χ3v) is 8.78. The van der Waals surface area contributed by atoms with Crippen molar-refractivity contribution in [2.45, 2.75) is 90.1 Å². The maximum absolute atomic E-state index is 12.9. The fourth-order valence-electron chi connectivity index (χ4n) is 6.24. The Balaban J connectivity index is 2.05. The summed E-state index contributed by atoms with van der Waals surface area (Å²) in [4.78, 5) is 12.9. The first-order valence-corrected chi connectivity index (χ1v) is 15.9. The molecule has 228 valence electrons. The van der Waals surface area contributed by atoms with Crippen LogP contribution in [-0.4, -0.2) is 31.4 Å². The number of benzene rings is 3. The van der Waals surface area contributed by atoms with E-state index in [4.69, 9.17) is 14.6 Å². The topological polar surface area (TPSA) is 55.8 Å². The summed E-state index contributed by atoms with van der Waals surface area (Å²) in [6.07, 6.45) is 7.72. The van der Waals surface area contributed by atoms with Crippen LogP contribution in [0.4, 0.5) is 0 Å². The van der Waals surface area contributed by atoms with Gasteiger partial charge in [-0.15, -0.1) is 0 Å². The van der Waals surface area contributed by atoms with Gasteiger partial charge in [0.05, 0.1) is 19.6 Å². The Kier molecular flexibility index (Phi) is 14.3. The number of rotatable bonds is 19. The van der Waals surface area contributed by atoms with E-state index in [9.17, 15) is 4.79 Å². The molecule has 3 aromatic rings. The molecular formula is C38H52O4. The average Bonchev–Trinajstić information content (AvgIpc) is 3.04. The molecule has 3 rings (SSSR count). The van der Waals surface area contributed by atoms with Gasteiger partial charge in [0.25, 0.3) is 0 Å². The van der Waals surface area contributed by atoms with Crippen molar-refractivity contribution in [1.82, 2.24) is 0 Å². The van der Waals surface area contributed by atoms with Gasteiger partial charge in [0.1, 0.15) is 0 Å². The molecule has 0 saturated heterocycles. The van der Waals surface area contributed by atoms with Gasteiger partial charge in [-0.05, 0) is 66.2 Å². The summed E-state index contributed by atoms with van der Waals surface area (Å²) in [6, 6.07) is 30.5. The van der Waals surface area contributed by atoms with Crippen molar-refractivity contribution >= 4 is 5.97 Å². The highest BCUT2D eigenvalue weighted by atomic mass is 16.5. The van der Waals surface area contributed by atoms with Crippen molar-refractivity contribution in [3.63, 3.8) is 0 Å². The van der Waals surface area contributed by atoms with Gasteiger partial charge in [-0.25, -0.2) is 0 Å². The monoisotopic (exact) mass is 572 g/mol. The minimum absolute atomic E-state index is 0.172. The van der Waals surface area contributed by atoms with Gasteiger partial charge in [0.2, 0.25) is 0 Å². The fourth-order valence-corrected chi connectivity index (χ4v) is 6.24. The zero-order valence-corrected chi connectivity index (χ0v) is 26.3. The van der Waals surface area contributed by atoms with Crippen molar-refractivity contribution in [1.29, 1.82) is 0 Å². The first-order valence-electron chi connectivity index (χ1n) is 15.9. The van der Waals surface area contributed by atoms with Gasteiger partial charge < -0.3 is 14.6 Å². The molecule has 4 heteroatoms. The predicted molar refractivity (Wildman–Crippen MR) is 173 cm³/mol. The van der Waals surface area contributed by atoms with Gasteiger partial charge in [-0.3, -0.25) is 4.79 Å². The van der Waals surface area contributed by atoms with E-state index in [0.717, 1.165) is 50.5 Å². The lowest BCUT2D eigenvalue weighted by Crippen LogP contribution is -2.35. The van der Waals surface area contributed by atoms with Crippen LogP contribution >= 0.6 is 0 Å². The average molecular weight is 573 g/mol. The lowest BCUT2D eigenvalue weighted by Gasteiger charge is -2.40. The van der Waals surface area contributed by atoms with Crippen LogP contribution in [0.3, 0.4) is 0 Å². The van der Waals surface area contributed by atoms with Crippen molar-refractivity contribution in [2.75, 3.05) is 20.3 Å². The van der Waals surface area contributed by atoms with Crippen LogP contribution < -0.4 is 0 Å². The second-order valence-electron chi connectivity index (χ2n) is 12.0. The number of methoxy groups -OCH3 is 1. The van der Waals surface area contributed by atoms with Crippen LogP contribution in [0.25, 0.3) is 0 Å². The van der Waals surface area contributed by atoms with Gasteiger partial charge in [0, 0.05) is 18.6 Å². The zero-order chi connectivity index (χ0) is 30.2. The largest absolute Gasteiger partial charge is 0.469 e. The minimum atomic E-state index is -0.400. The predicted octanol–water partition coefficient (Wildman–Crippen LogP) is 8.85. The highest BCUT2D eigenvalue weighted by molar-refractivity contribution is 5.72. The first kappa shape index (κ1) is 33.6. The molecule has 4 atom stereocenters. The molecule has 1 N–H and O–H groups in total. The van der Waals surface area contributed by atoms with Crippen LogP contribution in [0, 0.1) is 11.8 Å². The Morgan fingerprint density at radius 1 is 0.833 bits per heavy atom. The number of unbranched alkanes of at least 4 members (excludes halogenated alkanes) is 3. The van der Waals surface area contributed by atoms with Gasteiger partial charge in [-0.2, -0.15) is 0 Å². The Hall–Kier alpha value is -2.95. The fraction of sp³-hybridized carbons (Fsp3) is 0.500. The molecule has 0 aliphatic heterocycles. The lowest BCUT2D eigenvalue weighted by molar-refractivity contribution is -0.145. The molecule has 0 aromatic heterocycles. The van der Waals surface area contributed by atoms with E-state index in [1.807, 2.05) is 6.92 Å². The van der Waals surface area contributed by atoms with E-state index in [1.54, 1.807) is 0 Å². The van der Waals surface area contributed by atoms with E-state index in [-0.39, 0.29) is 18.5 Å². The maximum atomic E-state index is 12.9.